The zero-order valence-electron chi connectivity index (χ0n) is 10.4. The normalized spacial score (nSPS) is 9.75. The standard InChI is InChI=1S/C15H11NO4/c16-8-10-4-6-11(7-5-10)14(19)9-20-15-12(17)2-1-3-13(15)18/h1-7,17-18H,9H2. The van der Waals surface area contributed by atoms with Crippen molar-refractivity contribution >= 4 is 5.78 Å². The first-order chi connectivity index (χ1) is 9.61. The molecule has 5 nitrogen and oxygen atoms in total. The van der Waals surface area contributed by atoms with Gasteiger partial charge in [0.1, 0.15) is 0 Å². The third-order valence-electron chi connectivity index (χ3n) is 2.66. The van der Waals surface area contributed by atoms with Crippen molar-refractivity contribution in [2.75, 3.05) is 6.61 Å². The fourth-order valence-corrected chi connectivity index (χ4v) is 1.61. The maximum atomic E-state index is 11.9. The van der Waals surface area contributed by atoms with Crippen molar-refractivity contribution in [1.82, 2.24) is 0 Å². The van der Waals surface area contributed by atoms with E-state index in [1.165, 1.54) is 42.5 Å². The fourth-order valence-electron chi connectivity index (χ4n) is 1.61. The predicted octanol–water partition coefficient (Wildman–Crippen LogP) is 2.23. The van der Waals surface area contributed by atoms with Crippen LogP contribution in [0.2, 0.25) is 0 Å². The molecule has 0 aliphatic heterocycles. The van der Waals surface area contributed by atoms with Gasteiger partial charge < -0.3 is 14.9 Å². The van der Waals surface area contributed by atoms with E-state index in [1.54, 1.807) is 0 Å². The van der Waals surface area contributed by atoms with Gasteiger partial charge in [0.05, 0.1) is 11.6 Å². The lowest BCUT2D eigenvalue weighted by Gasteiger charge is -2.08. The molecule has 0 fully saturated rings. The Bertz CT molecular complexity index is 651. The van der Waals surface area contributed by atoms with Gasteiger partial charge in [0.25, 0.3) is 0 Å². The molecule has 5 heteroatoms. The molecule has 2 aromatic rings. The Kier molecular flexibility index (Phi) is 3.87. The van der Waals surface area contributed by atoms with Gasteiger partial charge in [-0.25, -0.2) is 0 Å². The minimum atomic E-state index is -0.322. The minimum absolute atomic E-state index is 0.130. The van der Waals surface area contributed by atoms with Crippen molar-refractivity contribution < 1.29 is 19.7 Å². The number of nitriles is 1. The van der Waals surface area contributed by atoms with Crippen LogP contribution < -0.4 is 4.74 Å². The summed E-state index contributed by atoms with van der Waals surface area (Å²) in [5.41, 5.74) is 0.847. The number of carbonyl (C=O) groups is 1. The number of ketones is 1. The second-order valence-electron chi connectivity index (χ2n) is 4.03. The van der Waals surface area contributed by atoms with E-state index in [0.717, 1.165) is 0 Å². The molecule has 20 heavy (non-hydrogen) atoms. The Morgan fingerprint density at radius 3 is 2.25 bits per heavy atom. The van der Waals surface area contributed by atoms with Gasteiger partial charge >= 0.3 is 0 Å². The molecule has 0 amide bonds. The molecule has 0 atom stereocenters. The minimum Gasteiger partial charge on any atom is -0.504 e. The highest BCUT2D eigenvalue weighted by Crippen LogP contribution is 2.34. The summed E-state index contributed by atoms with van der Waals surface area (Å²) in [6, 6.07) is 12.2. The van der Waals surface area contributed by atoms with Gasteiger partial charge in [0.2, 0.25) is 5.75 Å². The molecule has 100 valence electrons. The molecule has 0 saturated carbocycles. The fraction of sp³-hybridized carbons (Fsp3) is 0.0667. The number of nitrogens with zero attached hydrogens (tertiary/aromatic N) is 1. The Labute approximate surface area is 115 Å². The first-order valence-corrected chi connectivity index (χ1v) is 5.79. The molecule has 0 bridgehead atoms. The molecule has 0 aliphatic rings. The molecule has 0 heterocycles. The number of para-hydroxylation sites is 1. The number of hydrogen-bond donors (Lipinski definition) is 2. The van der Waals surface area contributed by atoms with Crippen LogP contribution in [0.25, 0.3) is 0 Å². The molecule has 0 aliphatic carbocycles. The van der Waals surface area contributed by atoms with Crippen LogP contribution in [0.5, 0.6) is 17.2 Å². The van der Waals surface area contributed by atoms with Gasteiger partial charge in [0, 0.05) is 5.56 Å². The zero-order valence-corrected chi connectivity index (χ0v) is 10.4. The van der Waals surface area contributed by atoms with Crippen molar-refractivity contribution in [1.29, 1.82) is 5.26 Å². The smallest absolute Gasteiger partial charge is 0.203 e. The van der Waals surface area contributed by atoms with Crippen LogP contribution in [0.3, 0.4) is 0 Å². The monoisotopic (exact) mass is 269 g/mol. The molecule has 0 spiro atoms. The molecule has 0 unspecified atom stereocenters. The van der Waals surface area contributed by atoms with Gasteiger partial charge in [-0.1, -0.05) is 6.07 Å². The first-order valence-electron chi connectivity index (χ1n) is 5.79. The second kappa shape index (κ2) is 5.76. The molecule has 2 rings (SSSR count). The van der Waals surface area contributed by atoms with E-state index in [2.05, 4.69) is 0 Å². The van der Waals surface area contributed by atoms with Crippen molar-refractivity contribution in [3.63, 3.8) is 0 Å². The molecule has 0 aromatic heterocycles. The lowest BCUT2D eigenvalue weighted by atomic mass is 10.1. The number of benzene rings is 2. The van der Waals surface area contributed by atoms with Crippen LogP contribution in [0.4, 0.5) is 0 Å². The van der Waals surface area contributed by atoms with Gasteiger partial charge in [-0.05, 0) is 36.4 Å². The Morgan fingerprint density at radius 2 is 1.70 bits per heavy atom. The summed E-state index contributed by atoms with van der Waals surface area (Å²) in [7, 11) is 0. The molecule has 0 radical (unpaired) electrons. The number of ether oxygens (including phenoxy) is 1. The highest BCUT2D eigenvalue weighted by Gasteiger charge is 2.12. The predicted molar refractivity (Wildman–Crippen MR) is 70.8 cm³/mol. The number of rotatable bonds is 4. The average molecular weight is 269 g/mol. The number of phenolic OH excluding ortho intramolecular Hbond substituents is 2. The summed E-state index contributed by atoms with van der Waals surface area (Å²) < 4.78 is 5.13. The summed E-state index contributed by atoms with van der Waals surface area (Å²) in [6.45, 7) is -0.322. The molecule has 2 aromatic carbocycles. The number of aromatic hydroxyl groups is 2. The van der Waals surface area contributed by atoms with E-state index in [1.807, 2.05) is 6.07 Å². The number of phenols is 2. The van der Waals surface area contributed by atoms with Gasteiger partial charge in [-0.3, -0.25) is 4.79 Å². The summed E-state index contributed by atoms with van der Waals surface area (Å²) in [5.74, 6) is -0.929. The molecule has 0 saturated heterocycles. The lowest BCUT2D eigenvalue weighted by molar-refractivity contribution is 0.0918. The van der Waals surface area contributed by atoms with Crippen molar-refractivity contribution in [3.8, 4) is 23.3 Å². The van der Waals surface area contributed by atoms with E-state index in [0.29, 0.717) is 11.1 Å². The lowest BCUT2D eigenvalue weighted by Crippen LogP contribution is -2.11. The van der Waals surface area contributed by atoms with Gasteiger partial charge in [-0.15, -0.1) is 0 Å². The second-order valence-corrected chi connectivity index (χ2v) is 4.03. The van der Waals surface area contributed by atoms with E-state index in [-0.39, 0.29) is 29.6 Å². The summed E-state index contributed by atoms with van der Waals surface area (Å²) in [5, 5.41) is 27.7. The van der Waals surface area contributed by atoms with Crippen LogP contribution in [0, 0.1) is 11.3 Å². The SMILES string of the molecule is N#Cc1ccc(C(=O)COc2c(O)cccc2O)cc1. The van der Waals surface area contributed by atoms with Crippen LogP contribution in [-0.2, 0) is 0 Å². The van der Waals surface area contributed by atoms with Crippen LogP contribution >= 0.6 is 0 Å². The maximum Gasteiger partial charge on any atom is 0.203 e. The van der Waals surface area contributed by atoms with Gasteiger partial charge in [0.15, 0.2) is 23.9 Å². The third-order valence-corrected chi connectivity index (χ3v) is 2.66. The van der Waals surface area contributed by atoms with Gasteiger partial charge in [-0.2, -0.15) is 5.26 Å². The third kappa shape index (κ3) is 2.87. The maximum absolute atomic E-state index is 11.9. The van der Waals surface area contributed by atoms with Crippen molar-refractivity contribution in [2.45, 2.75) is 0 Å². The van der Waals surface area contributed by atoms with Crippen LogP contribution in [0.15, 0.2) is 42.5 Å². The number of hydrogen-bond acceptors (Lipinski definition) is 5. The molecule has 2 N–H and O–H groups in total. The van der Waals surface area contributed by atoms with E-state index in [4.69, 9.17) is 10.00 Å². The largest absolute Gasteiger partial charge is 0.504 e. The Hall–Kier alpha value is -3.00. The zero-order chi connectivity index (χ0) is 14.5. The van der Waals surface area contributed by atoms with E-state index < -0.39 is 0 Å². The Morgan fingerprint density at radius 1 is 1.10 bits per heavy atom. The van der Waals surface area contributed by atoms with Crippen LogP contribution in [0.1, 0.15) is 15.9 Å². The Balaban J connectivity index is 2.07. The van der Waals surface area contributed by atoms with Crippen molar-refractivity contribution in [3.05, 3.63) is 53.6 Å². The van der Waals surface area contributed by atoms with E-state index >= 15 is 0 Å². The quantitative estimate of drug-likeness (QED) is 0.830. The molecular formula is C15H11NO4. The highest BCUT2D eigenvalue weighted by atomic mass is 16.5. The summed E-state index contributed by atoms with van der Waals surface area (Å²) in [4.78, 5) is 11.9. The topological polar surface area (TPSA) is 90.6 Å². The first kappa shape index (κ1) is 13.4. The number of carbonyl (C=O) groups excluding carboxylic acids is 1. The number of Topliss-reactive ketones (excluding diaryl/α,β-unsaturated/α-hetero) is 1. The average Bonchev–Trinajstić information content (AvgIpc) is 2.46. The van der Waals surface area contributed by atoms with E-state index in [9.17, 15) is 15.0 Å². The van der Waals surface area contributed by atoms with Crippen LogP contribution in [-0.4, -0.2) is 22.6 Å². The summed E-state index contributed by atoms with van der Waals surface area (Å²) in [6.07, 6.45) is 0. The summed E-state index contributed by atoms with van der Waals surface area (Å²) >= 11 is 0. The molecular weight excluding hydrogens is 258 g/mol. The van der Waals surface area contributed by atoms with Crippen molar-refractivity contribution in [2.24, 2.45) is 0 Å². The highest BCUT2D eigenvalue weighted by molar-refractivity contribution is 5.97.